The maximum atomic E-state index is 11.7. The topological polar surface area (TPSA) is 66.8 Å². The van der Waals surface area contributed by atoms with Crippen LogP contribution in [0, 0.1) is 5.92 Å². The molecule has 108 valence electrons. The number of carbonyl (C=O) groups excluding carboxylic acids is 1. The number of likely N-dealkylation sites (tertiary alicyclic amines) is 1. The molecule has 1 aromatic carbocycles. The zero-order valence-electron chi connectivity index (χ0n) is 11.1. The third-order valence-corrected chi connectivity index (χ3v) is 4.07. The van der Waals surface area contributed by atoms with Crippen molar-refractivity contribution in [3.63, 3.8) is 0 Å². The van der Waals surface area contributed by atoms with Crippen LogP contribution in [0.15, 0.2) is 22.7 Å². The average molecular weight is 342 g/mol. The van der Waals surface area contributed by atoms with Crippen LogP contribution in [0.25, 0.3) is 0 Å². The number of carboxylic acid groups (broad SMARTS) is 1. The summed E-state index contributed by atoms with van der Waals surface area (Å²) >= 11 is 3.42. The Morgan fingerprint density at radius 1 is 1.55 bits per heavy atom. The minimum absolute atomic E-state index is 0.0787. The van der Waals surface area contributed by atoms with Crippen LogP contribution in [0.4, 0.5) is 0 Å². The van der Waals surface area contributed by atoms with Gasteiger partial charge in [0.1, 0.15) is 5.75 Å². The molecule has 1 fully saturated rings. The average Bonchev–Trinajstić information content (AvgIpc) is 2.78. The van der Waals surface area contributed by atoms with E-state index in [1.165, 1.54) is 0 Å². The van der Waals surface area contributed by atoms with E-state index in [9.17, 15) is 9.59 Å². The van der Waals surface area contributed by atoms with Crippen LogP contribution in [0.1, 0.15) is 12.0 Å². The van der Waals surface area contributed by atoms with Crippen molar-refractivity contribution in [2.75, 3.05) is 20.2 Å². The smallest absolute Gasteiger partial charge is 0.308 e. The number of methoxy groups -OCH3 is 1. The lowest BCUT2D eigenvalue weighted by Gasteiger charge is -2.16. The molecule has 0 saturated carbocycles. The maximum absolute atomic E-state index is 11.7. The number of ether oxygens (including phenoxy) is 1. The number of nitrogens with zero attached hydrogens (tertiary/aromatic N) is 1. The summed E-state index contributed by atoms with van der Waals surface area (Å²) in [7, 11) is 1.61. The largest absolute Gasteiger partial charge is 0.496 e. The summed E-state index contributed by atoms with van der Waals surface area (Å²) in [6, 6.07) is 5.76. The summed E-state index contributed by atoms with van der Waals surface area (Å²) in [5.41, 5.74) is 1.07. The van der Waals surface area contributed by atoms with Crippen LogP contribution in [-0.2, 0) is 16.0 Å². The number of hydrogen-bond acceptors (Lipinski definition) is 3. The standard InChI is InChI=1S/C14H16BrNO4/c1-20-12-3-2-9(6-11(12)15)4-5-16-8-10(14(18)19)7-13(16)17/h2-3,6,10H,4-5,7-8H2,1H3,(H,18,19). The molecule has 0 radical (unpaired) electrons. The van der Waals surface area contributed by atoms with Crippen molar-refractivity contribution in [2.45, 2.75) is 12.8 Å². The van der Waals surface area contributed by atoms with E-state index in [1.807, 2.05) is 18.2 Å². The highest BCUT2D eigenvalue weighted by Gasteiger charge is 2.33. The van der Waals surface area contributed by atoms with Gasteiger partial charge in [0, 0.05) is 19.5 Å². The minimum atomic E-state index is -0.895. The van der Waals surface area contributed by atoms with Crippen LogP contribution in [-0.4, -0.2) is 42.1 Å². The summed E-state index contributed by atoms with van der Waals surface area (Å²) in [6.45, 7) is 0.854. The molecule has 6 heteroatoms. The monoisotopic (exact) mass is 341 g/mol. The normalized spacial score (nSPS) is 18.4. The first-order valence-electron chi connectivity index (χ1n) is 6.34. The van der Waals surface area contributed by atoms with E-state index in [1.54, 1.807) is 12.0 Å². The SMILES string of the molecule is COc1ccc(CCN2CC(C(=O)O)CC2=O)cc1Br. The van der Waals surface area contributed by atoms with Crippen molar-refractivity contribution < 1.29 is 19.4 Å². The molecule has 1 aromatic rings. The zero-order chi connectivity index (χ0) is 14.7. The molecule has 1 N–H and O–H groups in total. The third-order valence-electron chi connectivity index (χ3n) is 3.45. The van der Waals surface area contributed by atoms with Gasteiger partial charge in [0.15, 0.2) is 0 Å². The first-order valence-corrected chi connectivity index (χ1v) is 7.13. The van der Waals surface area contributed by atoms with Gasteiger partial charge in [-0.15, -0.1) is 0 Å². The number of aliphatic carboxylic acids is 1. The fourth-order valence-electron chi connectivity index (χ4n) is 2.28. The lowest BCUT2D eigenvalue weighted by atomic mass is 10.1. The van der Waals surface area contributed by atoms with Crippen LogP contribution in [0.5, 0.6) is 5.75 Å². The fourth-order valence-corrected chi connectivity index (χ4v) is 2.87. The molecule has 0 aromatic heterocycles. The van der Waals surface area contributed by atoms with Gasteiger partial charge in [-0.05, 0) is 40.0 Å². The van der Waals surface area contributed by atoms with Crippen LogP contribution < -0.4 is 4.74 Å². The molecule has 2 rings (SSSR count). The van der Waals surface area contributed by atoms with Gasteiger partial charge >= 0.3 is 5.97 Å². The van der Waals surface area contributed by atoms with Gasteiger partial charge in [0.25, 0.3) is 0 Å². The Balaban J connectivity index is 1.94. The number of hydrogen-bond donors (Lipinski definition) is 1. The van der Waals surface area contributed by atoms with Crippen molar-refractivity contribution in [3.05, 3.63) is 28.2 Å². The molecule has 0 aliphatic carbocycles. The summed E-state index contributed by atoms with van der Waals surface area (Å²) in [4.78, 5) is 24.2. The number of benzene rings is 1. The molecule has 1 aliphatic heterocycles. The Morgan fingerprint density at radius 3 is 2.85 bits per heavy atom. The Labute approximate surface area is 125 Å². The predicted molar refractivity (Wildman–Crippen MR) is 76.7 cm³/mol. The van der Waals surface area contributed by atoms with E-state index in [2.05, 4.69) is 15.9 Å². The molecule has 20 heavy (non-hydrogen) atoms. The van der Waals surface area contributed by atoms with Gasteiger partial charge < -0.3 is 14.7 Å². The molecule has 1 unspecified atom stereocenters. The second kappa shape index (κ2) is 6.26. The van der Waals surface area contributed by atoms with Crippen molar-refractivity contribution in [1.82, 2.24) is 4.90 Å². The van der Waals surface area contributed by atoms with E-state index in [0.717, 1.165) is 15.8 Å². The van der Waals surface area contributed by atoms with Gasteiger partial charge in [-0.1, -0.05) is 6.07 Å². The molecule has 1 amide bonds. The second-order valence-electron chi connectivity index (χ2n) is 4.80. The lowest BCUT2D eigenvalue weighted by Crippen LogP contribution is -2.28. The van der Waals surface area contributed by atoms with E-state index >= 15 is 0 Å². The van der Waals surface area contributed by atoms with E-state index in [-0.39, 0.29) is 12.3 Å². The first kappa shape index (κ1) is 14.8. The number of rotatable bonds is 5. The zero-order valence-corrected chi connectivity index (χ0v) is 12.7. The second-order valence-corrected chi connectivity index (χ2v) is 5.65. The summed E-state index contributed by atoms with van der Waals surface area (Å²) in [6.07, 6.45) is 0.808. The fraction of sp³-hybridized carbons (Fsp3) is 0.429. The first-order chi connectivity index (χ1) is 9.51. The predicted octanol–water partition coefficient (Wildman–Crippen LogP) is 1.93. The number of carbonyl (C=O) groups is 2. The van der Waals surface area contributed by atoms with Crippen molar-refractivity contribution in [1.29, 1.82) is 0 Å². The molecule has 1 heterocycles. The number of carboxylic acids is 1. The van der Waals surface area contributed by atoms with E-state index < -0.39 is 11.9 Å². The van der Waals surface area contributed by atoms with Gasteiger partial charge in [-0.3, -0.25) is 9.59 Å². The number of amides is 1. The molecule has 0 bridgehead atoms. The molecular formula is C14H16BrNO4. The Hall–Kier alpha value is -1.56. The van der Waals surface area contributed by atoms with Crippen LogP contribution >= 0.6 is 15.9 Å². The highest BCUT2D eigenvalue weighted by molar-refractivity contribution is 9.10. The van der Waals surface area contributed by atoms with Gasteiger partial charge in [0.2, 0.25) is 5.91 Å². The van der Waals surface area contributed by atoms with Crippen molar-refractivity contribution in [3.8, 4) is 5.75 Å². The van der Waals surface area contributed by atoms with Crippen LogP contribution in [0.2, 0.25) is 0 Å². The van der Waals surface area contributed by atoms with E-state index in [0.29, 0.717) is 19.5 Å². The third kappa shape index (κ3) is 3.30. The highest BCUT2D eigenvalue weighted by atomic mass is 79.9. The number of halogens is 1. The molecular weight excluding hydrogens is 326 g/mol. The van der Waals surface area contributed by atoms with Gasteiger partial charge in [-0.25, -0.2) is 0 Å². The maximum Gasteiger partial charge on any atom is 0.308 e. The van der Waals surface area contributed by atoms with Crippen molar-refractivity contribution in [2.24, 2.45) is 5.92 Å². The quantitative estimate of drug-likeness (QED) is 0.888. The summed E-state index contributed by atoms with van der Waals surface area (Å²) in [5, 5.41) is 8.93. The molecule has 0 spiro atoms. The Bertz CT molecular complexity index is 532. The lowest BCUT2D eigenvalue weighted by molar-refractivity contribution is -0.141. The molecule has 1 atom stereocenters. The van der Waals surface area contributed by atoms with Crippen LogP contribution in [0.3, 0.4) is 0 Å². The Morgan fingerprint density at radius 2 is 2.30 bits per heavy atom. The Kier molecular flexibility index (Phi) is 4.65. The summed E-state index contributed by atoms with van der Waals surface area (Å²) in [5.74, 6) is -0.778. The minimum Gasteiger partial charge on any atom is -0.496 e. The summed E-state index contributed by atoms with van der Waals surface area (Å²) < 4.78 is 6.03. The molecule has 1 saturated heterocycles. The van der Waals surface area contributed by atoms with Crippen molar-refractivity contribution >= 4 is 27.8 Å². The van der Waals surface area contributed by atoms with E-state index in [4.69, 9.17) is 9.84 Å². The highest BCUT2D eigenvalue weighted by Crippen LogP contribution is 2.26. The molecule has 1 aliphatic rings. The van der Waals surface area contributed by atoms with Gasteiger partial charge in [-0.2, -0.15) is 0 Å². The van der Waals surface area contributed by atoms with Gasteiger partial charge in [0.05, 0.1) is 17.5 Å². The molecule has 5 nitrogen and oxygen atoms in total.